The first-order valence-electron chi connectivity index (χ1n) is 10.7. The zero-order valence-corrected chi connectivity index (χ0v) is 18.6. The maximum absolute atomic E-state index is 13.4. The van der Waals surface area contributed by atoms with E-state index in [9.17, 15) is 4.39 Å². The summed E-state index contributed by atoms with van der Waals surface area (Å²) < 4.78 is 18.9. The van der Waals surface area contributed by atoms with Crippen molar-refractivity contribution in [2.45, 2.75) is 32.6 Å². The Kier molecular flexibility index (Phi) is 7.77. The first kappa shape index (κ1) is 22.3. The van der Waals surface area contributed by atoms with Gasteiger partial charge < -0.3 is 15.0 Å². The van der Waals surface area contributed by atoms with Gasteiger partial charge in [0, 0.05) is 49.7 Å². The third-order valence-corrected chi connectivity index (χ3v) is 6.14. The van der Waals surface area contributed by atoms with Crippen LogP contribution in [-0.4, -0.2) is 74.8 Å². The van der Waals surface area contributed by atoms with Crippen LogP contribution in [0.4, 0.5) is 4.39 Å². The van der Waals surface area contributed by atoms with Gasteiger partial charge in [0.2, 0.25) is 0 Å². The van der Waals surface area contributed by atoms with Crippen LogP contribution in [0.15, 0.2) is 23.2 Å². The summed E-state index contributed by atoms with van der Waals surface area (Å²) in [5, 5.41) is 3.91. The second-order valence-electron chi connectivity index (χ2n) is 8.69. The molecule has 5 nitrogen and oxygen atoms in total. The number of nitrogens with zero attached hydrogens (tertiary/aromatic N) is 3. The maximum Gasteiger partial charge on any atom is 0.193 e. The Labute approximate surface area is 179 Å². The van der Waals surface area contributed by atoms with E-state index in [2.05, 4.69) is 35.9 Å². The number of likely N-dealkylation sites (tertiary alicyclic amines) is 1. The zero-order valence-electron chi connectivity index (χ0n) is 17.9. The van der Waals surface area contributed by atoms with E-state index in [1.54, 1.807) is 6.07 Å². The fraction of sp³-hybridized carbons (Fsp3) is 0.682. The third kappa shape index (κ3) is 6.06. The summed E-state index contributed by atoms with van der Waals surface area (Å²) >= 11 is 6.30. The molecule has 162 valence electrons. The lowest BCUT2D eigenvalue weighted by Gasteiger charge is -2.29. The van der Waals surface area contributed by atoms with Crippen LogP contribution in [0.2, 0.25) is 5.02 Å². The van der Waals surface area contributed by atoms with E-state index in [4.69, 9.17) is 21.3 Å². The highest BCUT2D eigenvalue weighted by Crippen LogP contribution is 2.31. The number of benzene rings is 1. The Balaban J connectivity index is 1.63. The molecule has 1 aromatic rings. The van der Waals surface area contributed by atoms with E-state index in [0.717, 1.165) is 64.0 Å². The molecule has 0 radical (unpaired) electrons. The Bertz CT molecular complexity index is 706. The van der Waals surface area contributed by atoms with Crippen molar-refractivity contribution in [2.75, 3.05) is 59.0 Å². The Hall–Kier alpha value is -1.37. The van der Waals surface area contributed by atoms with Gasteiger partial charge in [0.05, 0.1) is 19.8 Å². The Morgan fingerprint density at radius 3 is 2.76 bits per heavy atom. The molecule has 2 heterocycles. The van der Waals surface area contributed by atoms with E-state index in [1.807, 2.05) is 0 Å². The molecule has 1 aromatic carbocycles. The van der Waals surface area contributed by atoms with E-state index >= 15 is 0 Å². The minimum atomic E-state index is -0.310. The molecular weight excluding hydrogens is 391 g/mol. The lowest BCUT2D eigenvalue weighted by molar-refractivity contribution is 0.0315. The highest BCUT2D eigenvalue weighted by Gasteiger charge is 2.28. The standard InChI is InChI=1S/C22H34ClFN4O/c1-4-25-21(26-16-22(2,3)19-6-5-18(24)13-20(19)23)28-8-7-17(15-28)14-27-9-11-29-12-10-27/h5-6,13,17H,4,7-12,14-16H2,1-3H3,(H,25,26). The zero-order chi connectivity index (χ0) is 20.9. The molecule has 0 saturated carbocycles. The van der Waals surface area contributed by atoms with Crippen LogP contribution in [0.3, 0.4) is 0 Å². The second kappa shape index (κ2) is 10.1. The number of hydrogen-bond acceptors (Lipinski definition) is 3. The summed E-state index contributed by atoms with van der Waals surface area (Å²) in [6, 6.07) is 4.62. The molecule has 0 aromatic heterocycles. The third-order valence-electron chi connectivity index (χ3n) is 5.82. The highest BCUT2D eigenvalue weighted by molar-refractivity contribution is 6.31. The normalized spacial score (nSPS) is 21.6. The first-order valence-corrected chi connectivity index (χ1v) is 11.1. The predicted octanol–water partition coefficient (Wildman–Crippen LogP) is 3.38. The van der Waals surface area contributed by atoms with Gasteiger partial charge in [-0.25, -0.2) is 4.39 Å². The summed E-state index contributed by atoms with van der Waals surface area (Å²) in [6.45, 7) is 14.7. The van der Waals surface area contributed by atoms with Crippen molar-refractivity contribution in [1.82, 2.24) is 15.1 Å². The molecule has 0 bridgehead atoms. The maximum atomic E-state index is 13.4. The van der Waals surface area contributed by atoms with Crippen LogP contribution in [0.5, 0.6) is 0 Å². The van der Waals surface area contributed by atoms with E-state index in [1.165, 1.54) is 18.6 Å². The summed E-state index contributed by atoms with van der Waals surface area (Å²) in [4.78, 5) is 9.82. The minimum absolute atomic E-state index is 0.279. The largest absolute Gasteiger partial charge is 0.379 e. The smallest absolute Gasteiger partial charge is 0.193 e. The molecule has 0 spiro atoms. The number of guanidine groups is 1. The van der Waals surface area contributed by atoms with Crippen molar-refractivity contribution >= 4 is 17.6 Å². The van der Waals surface area contributed by atoms with Gasteiger partial charge in [-0.1, -0.05) is 31.5 Å². The van der Waals surface area contributed by atoms with Gasteiger partial charge in [0.15, 0.2) is 5.96 Å². The molecule has 2 fully saturated rings. The van der Waals surface area contributed by atoms with E-state index in [0.29, 0.717) is 17.5 Å². The average molecular weight is 425 g/mol. The molecule has 7 heteroatoms. The monoisotopic (exact) mass is 424 g/mol. The van der Waals surface area contributed by atoms with Crippen LogP contribution in [0.1, 0.15) is 32.8 Å². The molecule has 0 amide bonds. The van der Waals surface area contributed by atoms with Crippen LogP contribution in [-0.2, 0) is 10.2 Å². The van der Waals surface area contributed by atoms with Crippen molar-refractivity contribution in [1.29, 1.82) is 0 Å². The quantitative estimate of drug-likeness (QED) is 0.561. The first-order chi connectivity index (χ1) is 13.9. The molecule has 2 aliphatic rings. The van der Waals surface area contributed by atoms with Crippen molar-refractivity contribution in [3.63, 3.8) is 0 Å². The fourth-order valence-corrected chi connectivity index (χ4v) is 4.57. The average Bonchev–Trinajstić information content (AvgIpc) is 3.14. The molecule has 2 saturated heterocycles. The Morgan fingerprint density at radius 1 is 1.31 bits per heavy atom. The summed E-state index contributed by atoms with van der Waals surface area (Å²) in [7, 11) is 0. The number of ether oxygens (including phenoxy) is 1. The van der Waals surface area contributed by atoms with Gasteiger partial charge in [-0.15, -0.1) is 0 Å². The van der Waals surface area contributed by atoms with Gasteiger partial charge >= 0.3 is 0 Å². The molecule has 1 atom stereocenters. The molecular formula is C22H34ClFN4O. The number of morpholine rings is 1. The van der Waals surface area contributed by atoms with Gasteiger partial charge in [0.25, 0.3) is 0 Å². The van der Waals surface area contributed by atoms with Crippen molar-refractivity contribution in [2.24, 2.45) is 10.9 Å². The lowest BCUT2D eigenvalue weighted by Crippen LogP contribution is -2.43. The fourth-order valence-electron chi connectivity index (χ4n) is 4.14. The lowest BCUT2D eigenvalue weighted by atomic mass is 9.84. The summed E-state index contributed by atoms with van der Waals surface area (Å²) in [5.41, 5.74) is 0.644. The number of rotatable bonds is 6. The summed E-state index contributed by atoms with van der Waals surface area (Å²) in [6.07, 6.45) is 1.19. The van der Waals surface area contributed by atoms with Crippen molar-refractivity contribution in [3.8, 4) is 0 Å². The number of aliphatic imine (C=N–C) groups is 1. The van der Waals surface area contributed by atoms with Crippen LogP contribution >= 0.6 is 11.6 Å². The van der Waals surface area contributed by atoms with E-state index in [-0.39, 0.29) is 11.2 Å². The van der Waals surface area contributed by atoms with Gasteiger partial charge in [-0.3, -0.25) is 9.89 Å². The second-order valence-corrected chi connectivity index (χ2v) is 9.10. The topological polar surface area (TPSA) is 40.1 Å². The molecule has 2 aliphatic heterocycles. The highest BCUT2D eigenvalue weighted by atomic mass is 35.5. The molecule has 3 rings (SSSR count). The predicted molar refractivity (Wildman–Crippen MR) is 117 cm³/mol. The van der Waals surface area contributed by atoms with Gasteiger partial charge in [-0.2, -0.15) is 0 Å². The van der Waals surface area contributed by atoms with Gasteiger partial charge in [0.1, 0.15) is 5.82 Å². The molecule has 1 unspecified atom stereocenters. The summed E-state index contributed by atoms with van der Waals surface area (Å²) in [5.74, 6) is 1.31. The number of halogens is 2. The number of nitrogens with one attached hydrogen (secondary N) is 1. The molecule has 29 heavy (non-hydrogen) atoms. The molecule has 0 aliphatic carbocycles. The minimum Gasteiger partial charge on any atom is -0.379 e. The number of hydrogen-bond donors (Lipinski definition) is 1. The van der Waals surface area contributed by atoms with Crippen molar-refractivity contribution < 1.29 is 9.13 Å². The van der Waals surface area contributed by atoms with Crippen LogP contribution in [0.25, 0.3) is 0 Å². The van der Waals surface area contributed by atoms with E-state index < -0.39 is 0 Å². The SMILES string of the molecule is CCNC(=NCC(C)(C)c1ccc(F)cc1Cl)N1CCC(CN2CCOCC2)C1. The molecule has 1 N–H and O–H groups in total. The van der Waals surface area contributed by atoms with Crippen molar-refractivity contribution in [3.05, 3.63) is 34.6 Å². The van der Waals surface area contributed by atoms with Gasteiger partial charge in [-0.05, 0) is 37.0 Å². The van der Waals surface area contributed by atoms with Crippen LogP contribution in [0, 0.1) is 11.7 Å². The van der Waals surface area contributed by atoms with Crippen LogP contribution < -0.4 is 5.32 Å². The Morgan fingerprint density at radius 2 is 2.07 bits per heavy atom.